The lowest BCUT2D eigenvalue weighted by Gasteiger charge is -2.08. The normalized spacial score (nSPS) is 12.4. The van der Waals surface area contributed by atoms with Gasteiger partial charge in [-0.3, -0.25) is 0 Å². The number of aliphatic hydroxyl groups is 1. The molecule has 1 rings (SSSR count). The Hall–Kier alpha value is -1.02. The van der Waals surface area contributed by atoms with Gasteiger partial charge in [0.25, 0.3) is 0 Å². The zero-order valence-corrected chi connectivity index (χ0v) is 11.0. The molecule has 0 unspecified atom stereocenters. The maximum atomic E-state index is 9.37. The molecule has 0 aliphatic heterocycles. The van der Waals surface area contributed by atoms with Crippen LogP contribution in [0.2, 0.25) is 0 Å². The van der Waals surface area contributed by atoms with Gasteiger partial charge in [-0.15, -0.1) is 0 Å². The SMILES string of the molecule is CCCCCCCOc1ccc([C@H](C)O)cc1. The summed E-state index contributed by atoms with van der Waals surface area (Å²) in [7, 11) is 0. The first kappa shape index (κ1) is 14.0. The third-order valence-electron chi connectivity index (χ3n) is 2.88. The molecule has 0 saturated carbocycles. The quantitative estimate of drug-likeness (QED) is 0.689. The van der Waals surface area contributed by atoms with Crippen LogP contribution in [0.25, 0.3) is 0 Å². The Balaban J connectivity index is 2.19. The molecule has 0 aliphatic rings. The van der Waals surface area contributed by atoms with Crippen LogP contribution >= 0.6 is 0 Å². The number of hydrogen-bond acceptors (Lipinski definition) is 2. The third-order valence-corrected chi connectivity index (χ3v) is 2.88. The van der Waals surface area contributed by atoms with Crippen molar-refractivity contribution in [3.05, 3.63) is 29.8 Å². The molecule has 1 aromatic rings. The van der Waals surface area contributed by atoms with Crippen LogP contribution in [0, 0.1) is 0 Å². The fourth-order valence-electron chi connectivity index (χ4n) is 1.74. The number of benzene rings is 1. The minimum Gasteiger partial charge on any atom is -0.494 e. The van der Waals surface area contributed by atoms with Gasteiger partial charge in [-0.25, -0.2) is 0 Å². The molecule has 0 amide bonds. The third kappa shape index (κ3) is 5.73. The number of ether oxygens (including phenoxy) is 1. The monoisotopic (exact) mass is 236 g/mol. The van der Waals surface area contributed by atoms with E-state index in [-0.39, 0.29) is 0 Å². The summed E-state index contributed by atoms with van der Waals surface area (Å²) in [5.41, 5.74) is 0.931. The first-order valence-electron chi connectivity index (χ1n) is 6.65. The van der Waals surface area contributed by atoms with Crippen molar-refractivity contribution in [3.8, 4) is 5.75 Å². The second-order valence-corrected chi connectivity index (χ2v) is 4.51. The van der Waals surface area contributed by atoms with Gasteiger partial charge in [0, 0.05) is 0 Å². The molecule has 0 saturated heterocycles. The minimum atomic E-state index is -0.405. The van der Waals surface area contributed by atoms with E-state index in [0.29, 0.717) is 0 Å². The van der Waals surface area contributed by atoms with Crippen LogP contribution in [0.3, 0.4) is 0 Å². The van der Waals surface area contributed by atoms with Crippen molar-refractivity contribution in [2.45, 2.75) is 52.1 Å². The maximum absolute atomic E-state index is 9.37. The Morgan fingerprint density at radius 1 is 1.06 bits per heavy atom. The minimum absolute atomic E-state index is 0.405. The Labute approximate surface area is 105 Å². The maximum Gasteiger partial charge on any atom is 0.119 e. The Morgan fingerprint density at radius 2 is 1.71 bits per heavy atom. The summed E-state index contributed by atoms with van der Waals surface area (Å²) in [5, 5.41) is 9.37. The molecule has 1 aromatic carbocycles. The molecule has 0 aromatic heterocycles. The zero-order valence-electron chi connectivity index (χ0n) is 11.0. The second kappa shape index (κ2) is 8.13. The highest BCUT2D eigenvalue weighted by molar-refractivity contribution is 5.28. The molecule has 0 fully saturated rings. The first-order valence-corrected chi connectivity index (χ1v) is 6.65. The summed E-state index contributed by atoms with van der Waals surface area (Å²) < 4.78 is 5.64. The largest absolute Gasteiger partial charge is 0.494 e. The molecule has 1 N–H and O–H groups in total. The highest BCUT2D eigenvalue weighted by Crippen LogP contribution is 2.17. The van der Waals surface area contributed by atoms with E-state index in [0.717, 1.165) is 24.3 Å². The number of rotatable bonds is 8. The van der Waals surface area contributed by atoms with Crippen molar-refractivity contribution in [2.24, 2.45) is 0 Å². The van der Waals surface area contributed by atoms with Crippen molar-refractivity contribution >= 4 is 0 Å². The molecule has 0 bridgehead atoms. The lowest BCUT2D eigenvalue weighted by Crippen LogP contribution is -1.98. The van der Waals surface area contributed by atoms with Gasteiger partial charge in [-0.05, 0) is 31.0 Å². The van der Waals surface area contributed by atoms with Crippen molar-refractivity contribution in [2.75, 3.05) is 6.61 Å². The molecule has 0 heterocycles. The number of aliphatic hydroxyl groups excluding tert-OH is 1. The van der Waals surface area contributed by atoms with E-state index in [2.05, 4.69) is 6.92 Å². The van der Waals surface area contributed by atoms with E-state index in [1.165, 1.54) is 25.7 Å². The number of hydrogen-bond donors (Lipinski definition) is 1. The van der Waals surface area contributed by atoms with Gasteiger partial charge in [0.1, 0.15) is 5.75 Å². The van der Waals surface area contributed by atoms with Crippen molar-refractivity contribution in [3.63, 3.8) is 0 Å². The fraction of sp³-hybridized carbons (Fsp3) is 0.600. The number of unbranched alkanes of at least 4 members (excludes halogenated alkanes) is 4. The zero-order chi connectivity index (χ0) is 12.5. The van der Waals surface area contributed by atoms with Gasteiger partial charge >= 0.3 is 0 Å². The van der Waals surface area contributed by atoms with Crippen molar-refractivity contribution in [1.82, 2.24) is 0 Å². The Kier molecular flexibility index (Phi) is 6.71. The van der Waals surface area contributed by atoms with Crippen LogP contribution in [-0.4, -0.2) is 11.7 Å². The van der Waals surface area contributed by atoms with Crippen LogP contribution in [0.1, 0.15) is 57.6 Å². The van der Waals surface area contributed by atoms with E-state index in [1.54, 1.807) is 6.92 Å². The summed E-state index contributed by atoms with van der Waals surface area (Å²) in [6.45, 7) is 4.78. The van der Waals surface area contributed by atoms with Crippen LogP contribution < -0.4 is 4.74 Å². The lowest BCUT2D eigenvalue weighted by atomic mass is 10.1. The van der Waals surface area contributed by atoms with Gasteiger partial charge in [0.15, 0.2) is 0 Å². The molecule has 0 aliphatic carbocycles. The van der Waals surface area contributed by atoms with Crippen LogP contribution in [-0.2, 0) is 0 Å². The molecule has 17 heavy (non-hydrogen) atoms. The van der Waals surface area contributed by atoms with Gasteiger partial charge in [0.2, 0.25) is 0 Å². The fourth-order valence-corrected chi connectivity index (χ4v) is 1.74. The van der Waals surface area contributed by atoms with E-state index in [9.17, 15) is 5.11 Å². The molecule has 2 nitrogen and oxygen atoms in total. The molecule has 1 atom stereocenters. The highest BCUT2D eigenvalue weighted by Gasteiger charge is 2.00. The van der Waals surface area contributed by atoms with Crippen LogP contribution in [0.5, 0.6) is 5.75 Å². The molecule has 2 heteroatoms. The summed E-state index contributed by atoms with van der Waals surface area (Å²) >= 11 is 0. The van der Waals surface area contributed by atoms with E-state index >= 15 is 0 Å². The molecular formula is C15H24O2. The van der Waals surface area contributed by atoms with Crippen LogP contribution in [0.4, 0.5) is 0 Å². The average molecular weight is 236 g/mol. The van der Waals surface area contributed by atoms with E-state index < -0.39 is 6.10 Å². The van der Waals surface area contributed by atoms with E-state index in [1.807, 2.05) is 24.3 Å². The summed E-state index contributed by atoms with van der Waals surface area (Å²) in [6, 6.07) is 7.68. The average Bonchev–Trinajstić information content (AvgIpc) is 2.34. The van der Waals surface area contributed by atoms with Gasteiger partial charge in [0.05, 0.1) is 12.7 Å². The molecule has 0 radical (unpaired) electrons. The molecular weight excluding hydrogens is 212 g/mol. The first-order chi connectivity index (χ1) is 8.24. The second-order valence-electron chi connectivity index (χ2n) is 4.51. The topological polar surface area (TPSA) is 29.5 Å². The standard InChI is InChI=1S/C15H24O2/c1-3-4-5-6-7-12-17-15-10-8-14(9-11-15)13(2)16/h8-11,13,16H,3-7,12H2,1-2H3/t13-/m0/s1. The van der Waals surface area contributed by atoms with Crippen molar-refractivity contribution < 1.29 is 9.84 Å². The predicted molar refractivity (Wildman–Crippen MR) is 71.3 cm³/mol. The summed E-state index contributed by atoms with van der Waals surface area (Å²) in [5.74, 6) is 0.893. The predicted octanol–water partition coefficient (Wildman–Crippen LogP) is 4.09. The van der Waals surface area contributed by atoms with Gasteiger partial charge in [-0.2, -0.15) is 0 Å². The van der Waals surface area contributed by atoms with E-state index in [4.69, 9.17) is 4.74 Å². The highest BCUT2D eigenvalue weighted by atomic mass is 16.5. The van der Waals surface area contributed by atoms with Crippen molar-refractivity contribution in [1.29, 1.82) is 0 Å². The lowest BCUT2D eigenvalue weighted by molar-refractivity contribution is 0.199. The van der Waals surface area contributed by atoms with Crippen LogP contribution in [0.15, 0.2) is 24.3 Å². The Morgan fingerprint density at radius 3 is 2.29 bits per heavy atom. The summed E-state index contributed by atoms with van der Waals surface area (Å²) in [6.07, 6.45) is 5.88. The van der Waals surface area contributed by atoms with Gasteiger partial charge < -0.3 is 9.84 Å². The molecule has 0 spiro atoms. The summed E-state index contributed by atoms with van der Waals surface area (Å²) in [4.78, 5) is 0. The molecule has 96 valence electrons. The van der Waals surface area contributed by atoms with Gasteiger partial charge in [-0.1, -0.05) is 44.7 Å². The Bertz CT molecular complexity index is 290. The smallest absolute Gasteiger partial charge is 0.119 e.